The zero-order chi connectivity index (χ0) is 84.7. The summed E-state index contributed by atoms with van der Waals surface area (Å²) in [7, 11) is -3.32. The number of fused-ring (bicyclic) bond motifs is 1. The maximum absolute atomic E-state index is 14.0. The minimum absolute atomic E-state index is 0.0361. The van der Waals surface area contributed by atoms with Gasteiger partial charge in [0.2, 0.25) is 11.8 Å². The average molecular weight is 1850 g/mol. The SMILES string of the molecule is COC1C(OC)[C@H](O[C@H]2O[C@@H](COS(=O)(=O)O)[C@@H](O[C@@H]3OC(C(=O)O)[C@@H](O[C@@H]4OC(COS(=O)(=O)O)C(OC)[C@H](OC)C4NC(=O)CCCCCNC(=O)CCCCC4SCC5NC(=O)NC54)[C@H](OC)C3OC)C(OSOOO)C2OSOOO)[C@H](C(=O)O)O[C@@H]1O[C@@H]1C(COSOOO)O[C@H](OC)C(OSOOO)[C@H]1OSOOO. The molecule has 674 valence electrons. The van der Waals surface area contributed by atoms with Crippen LogP contribution in [-0.4, -0.2) is 345 Å². The van der Waals surface area contributed by atoms with Crippen molar-refractivity contribution < 1.29 is 238 Å². The number of urea groups is 1. The van der Waals surface area contributed by atoms with Gasteiger partial charge in [0.05, 0.1) is 31.9 Å². The smallest absolute Gasteiger partial charge is 0.397 e. The first-order chi connectivity index (χ1) is 55.7. The summed E-state index contributed by atoms with van der Waals surface area (Å²) in [6, 6.07) is -1.60. The number of methoxy groups -OCH3 is 7. The minimum Gasteiger partial charge on any atom is -0.479 e. The van der Waals surface area contributed by atoms with E-state index in [9.17, 15) is 70.6 Å². The van der Waals surface area contributed by atoms with Crippen LogP contribution in [0, 0.1) is 0 Å². The van der Waals surface area contributed by atoms with E-state index in [1.54, 1.807) is 11.8 Å². The standard InChI is InChI=1S/C53H88N4O51S8/c1-76-30-23(18-84-115(70,71)72)86-48(29(33(30)77-2)56-27(59)15-9-8-12-16-54-26(58)14-11-10-13-25-28-21(20-109-25)55-53(64)57-28)91-36-34(78-3)42(80-5)51(93-40(36)46(60)61)90-32-24(19-85-116(73,74)75)88-52(45(98-114-108-103-69)39(32)96-112-106-101-67)92-37-35(79-4)43(81-6)50(94-41(37)47(62)63)89-31-22(17-83-110-104-99-65)87-49(82-7)44(97-113-107-102-68)38(31)95-111-105-100-66/h21-25,28-45,48-52,65-69H,8-20H2,1-7H3,(H,54,58)(H,56,59)(H,60,61)(H,62,63)(H2,55,57,64)(H,70,71,72)(H,73,74,75)/t21?,22?,23?,24-,25?,28?,29?,30?,31+,32+,33+,34-,35?,36-,37-,38-,39?,40?,41+,42?,43?,44?,45?,48-,49-,50-,51+,52+/m0/s1. The van der Waals surface area contributed by atoms with Gasteiger partial charge < -0.3 is 107 Å². The second-order valence-corrected chi connectivity index (χ2v) is 30.4. The molecule has 0 spiro atoms. The van der Waals surface area contributed by atoms with E-state index in [1.807, 2.05) is 0 Å². The van der Waals surface area contributed by atoms with Gasteiger partial charge in [-0.2, -0.15) is 28.6 Å². The first-order valence-electron chi connectivity index (χ1n) is 33.7. The lowest BCUT2D eigenvalue weighted by molar-refractivity contribution is -0.437. The molecule has 7 aliphatic heterocycles. The minimum atomic E-state index is -5.58. The molecule has 63 heteroatoms. The summed E-state index contributed by atoms with van der Waals surface area (Å²) in [6.07, 6.45) is -43.0. The molecule has 0 radical (unpaired) electrons. The first-order valence-corrected chi connectivity index (χ1v) is 40.8. The summed E-state index contributed by atoms with van der Waals surface area (Å²) in [5, 5.41) is 97.3. The summed E-state index contributed by atoms with van der Waals surface area (Å²) < 4.78 is 225. The molecular formula is C53H88N4O51S8. The van der Waals surface area contributed by atoms with Gasteiger partial charge in [-0.15, -0.1) is 21.7 Å². The number of hydrogen-bond donors (Lipinski definition) is 13. The lowest BCUT2D eigenvalue weighted by atomic mass is 9.94. The number of carboxylic acids is 2. The van der Waals surface area contributed by atoms with E-state index < -0.39 is 212 Å². The molecule has 7 rings (SSSR count). The average Bonchev–Trinajstić information content (AvgIpc) is 0.910. The predicted octanol–water partition coefficient (Wildman–Crippen LogP) is -0.937. The lowest BCUT2D eigenvalue weighted by Gasteiger charge is -2.51. The molecule has 0 bridgehead atoms. The normalized spacial score (nSPS) is 34.9. The summed E-state index contributed by atoms with van der Waals surface area (Å²) in [5.74, 6) is -3.85. The molecule has 7 saturated heterocycles. The Bertz CT molecular complexity index is 3160. The number of carbonyl (C=O) groups is 5. The Kier molecular flexibility index (Phi) is 44.9. The van der Waals surface area contributed by atoms with Crippen molar-refractivity contribution in [2.75, 3.05) is 81.9 Å². The van der Waals surface area contributed by atoms with E-state index in [2.05, 4.69) is 72.3 Å². The molecule has 13 N–H and O–H groups in total. The number of amides is 4. The largest absolute Gasteiger partial charge is 0.479 e. The fourth-order valence-corrected chi connectivity index (χ4v) is 17.1. The second kappa shape index (κ2) is 51.7. The van der Waals surface area contributed by atoms with Crippen LogP contribution in [0.2, 0.25) is 0 Å². The summed E-state index contributed by atoms with van der Waals surface area (Å²) in [5.41, 5.74) is 0. The molecule has 28 atom stereocenters. The summed E-state index contributed by atoms with van der Waals surface area (Å²) in [6.45, 7) is -2.85. The number of thioether (sulfide) groups is 1. The highest BCUT2D eigenvalue weighted by Crippen LogP contribution is 2.43. The molecule has 0 aromatic heterocycles. The predicted molar refractivity (Wildman–Crippen MR) is 370 cm³/mol. The molecule has 4 amide bonds. The van der Waals surface area contributed by atoms with Crippen molar-refractivity contribution in [1.29, 1.82) is 0 Å². The van der Waals surface area contributed by atoms with E-state index >= 15 is 0 Å². The van der Waals surface area contributed by atoms with Gasteiger partial charge in [0.1, 0.15) is 97.6 Å². The Hall–Kier alpha value is -2.45. The van der Waals surface area contributed by atoms with Crippen LogP contribution in [0.15, 0.2) is 0 Å². The number of carbonyl (C=O) groups excluding carboxylic acids is 3. The molecule has 0 aromatic carbocycles. The molecule has 116 heavy (non-hydrogen) atoms. The van der Waals surface area contributed by atoms with Gasteiger partial charge in [-0.1, -0.05) is 38.0 Å². The number of aliphatic carboxylic acids is 2. The van der Waals surface area contributed by atoms with Crippen LogP contribution in [0.25, 0.3) is 0 Å². The zero-order valence-corrected chi connectivity index (χ0v) is 67.8. The maximum Gasteiger partial charge on any atom is 0.397 e. The van der Waals surface area contributed by atoms with E-state index in [0.29, 0.717) is 19.3 Å². The third-order valence-corrected chi connectivity index (χ3v) is 22.5. The zero-order valence-electron chi connectivity index (χ0n) is 61.3. The van der Waals surface area contributed by atoms with Crippen LogP contribution < -0.4 is 21.3 Å². The van der Waals surface area contributed by atoms with Crippen LogP contribution in [0.3, 0.4) is 0 Å². The maximum atomic E-state index is 14.0. The third kappa shape index (κ3) is 29.6. The fourth-order valence-electron chi connectivity index (χ4n) is 13.3. The van der Waals surface area contributed by atoms with Gasteiger partial charge in [0, 0.05) is 80.2 Å². The molecule has 55 nitrogen and oxygen atoms in total. The number of hydrogen-bond acceptors (Lipinski definition) is 53. The first kappa shape index (κ1) is 101. The van der Waals surface area contributed by atoms with Crippen molar-refractivity contribution in [2.24, 2.45) is 0 Å². The van der Waals surface area contributed by atoms with Crippen molar-refractivity contribution in [2.45, 2.75) is 222 Å². The van der Waals surface area contributed by atoms with Gasteiger partial charge >= 0.3 is 38.8 Å². The van der Waals surface area contributed by atoms with Gasteiger partial charge in [0.25, 0.3) is 0 Å². The van der Waals surface area contributed by atoms with Crippen molar-refractivity contribution in [3.05, 3.63) is 0 Å². The summed E-state index contributed by atoms with van der Waals surface area (Å²) >= 11 is 1.15. The van der Waals surface area contributed by atoms with Crippen LogP contribution in [0.5, 0.6) is 0 Å². The number of carboxylic acid groups (broad SMARTS) is 2. The number of ether oxygens (including phenoxy) is 16. The van der Waals surface area contributed by atoms with Crippen LogP contribution >= 0.6 is 73.4 Å². The van der Waals surface area contributed by atoms with Crippen molar-refractivity contribution in [3.8, 4) is 0 Å². The van der Waals surface area contributed by atoms with Crippen LogP contribution in [-0.2, 0) is 192 Å². The lowest BCUT2D eigenvalue weighted by Crippen LogP contribution is -2.70. The Balaban J connectivity index is 1.16. The highest BCUT2D eigenvalue weighted by molar-refractivity contribution is 8.00. The second-order valence-electron chi connectivity index (χ2n) is 24.6. The summed E-state index contributed by atoms with van der Waals surface area (Å²) in [4.78, 5) is 66.0. The molecule has 7 aliphatic rings. The quantitative estimate of drug-likeness (QED) is 0.00873. The Morgan fingerprint density at radius 1 is 0.457 bits per heavy atom. The van der Waals surface area contributed by atoms with Crippen LogP contribution in [0.1, 0.15) is 51.4 Å². The number of nitrogens with one attached hydrogen (secondary N) is 4. The highest BCUT2D eigenvalue weighted by Gasteiger charge is 2.62. The van der Waals surface area contributed by atoms with Crippen molar-refractivity contribution in [3.63, 3.8) is 0 Å². The topological polar surface area (TPSA) is 688 Å². The third-order valence-electron chi connectivity index (χ3n) is 18.1. The Morgan fingerprint density at radius 2 is 0.879 bits per heavy atom. The van der Waals surface area contributed by atoms with E-state index in [1.165, 1.54) is 0 Å². The highest BCUT2D eigenvalue weighted by atomic mass is 32.3. The fraction of sp³-hybridized carbons (Fsp3) is 0.906. The molecule has 0 saturated carbocycles. The van der Waals surface area contributed by atoms with Crippen molar-refractivity contribution in [1.82, 2.24) is 21.3 Å². The molecule has 14 unspecified atom stereocenters. The van der Waals surface area contributed by atoms with Gasteiger partial charge in [0.15, 0.2) is 117 Å². The molecule has 7 fully saturated rings. The van der Waals surface area contributed by atoms with Gasteiger partial charge in [-0.25, -0.2) is 49.0 Å². The Labute approximate surface area is 684 Å². The Morgan fingerprint density at radius 3 is 1.36 bits per heavy atom. The molecule has 0 aromatic rings. The molecule has 7 heterocycles. The number of unbranched alkanes of at least 4 members (excludes halogenated alkanes) is 3. The van der Waals surface area contributed by atoms with Crippen LogP contribution in [0.4, 0.5) is 4.79 Å². The number of rotatable bonds is 56. The van der Waals surface area contributed by atoms with E-state index in [-0.39, 0.29) is 117 Å². The van der Waals surface area contributed by atoms with E-state index in [0.717, 1.165) is 68.4 Å². The van der Waals surface area contributed by atoms with Gasteiger partial charge in [-0.05, 0) is 25.7 Å². The van der Waals surface area contributed by atoms with Gasteiger partial charge in [-0.3, -0.25) is 39.6 Å². The van der Waals surface area contributed by atoms with Crippen molar-refractivity contribution >= 4 is 124 Å². The molecule has 0 aliphatic carbocycles. The van der Waals surface area contributed by atoms with E-state index in [4.69, 9.17) is 117 Å². The monoisotopic (exact) mass is 1850 g/mol. The molecular weight excluding hydrogens is 1770 g/mol.